The first-order valence-corrected chi connectivity index (χ1v) is 11.2. The first-order valence-electron chi connectivity index (χ1n) is 9.63. The predicted molar refractivity (Wildman–Crippen MR) is 111 cm³/mol. The number of hydrogen-bond acceptors (Lipinski definition) is 8. The standard InChI is InChI=1S/C19H24FN3O8P/c1-27-17(28-2)10-21-32(26,31-13-6-4-3-5-7-13)29-12-14-8-9-16(30-14)23-11-15(20)18(24)22-19(23)25/h3-8,11,14,16-17H,9-10,12H2,1-2H3,(H,21,26)(H,22,24,25)/t14-,16-,32?/m1/s1. The van der Waals surface area contributed by atoms with Gasteiger partial charge in [0.1, 0.15) is 12.0 Å². The average Bonchev–Trinajstić information content (AvgIpc) is 3.25. The van der Waals surface area contributed by atoms with Crippen LogP contribution in [0.4, 0.5) is 4.39 Å². The largest absolute Gasteiger partial charge is 0.458 e. The number of nitrogens with zero attached hydrogens (tertiary/aromatic N) is 1. The molecule has 11 nitrogen and oxygen atoms in total. The molecule has 1 aromatic heterocycles. The molecule has 1 fully saturated rings. The summed E-state index contributed by atoms with van der Waals surface area (Å²) < 4.78 is 54.7. The number of hydrogen-bond donors (Lipinski definition) is 2. The van der Waals surface area contributed by atoms with E-state index < -0.39 is 43.4 Å². The van der Waals surface area contributed by atoms with E-state index >= 15 is 0 Å². The highest BCUT2D eigenvalue weighted by molar-refractivity contribution is 7.52. The minimum Gasteiger partial charge on any atom is -0.413 e. The Kier molecular flexibility index (Phi) is 8.35. The van der Waals surface area contributed by atoms with Crippen molar-refractivity contribution in [2.24, 2.45) is 0 Å². The van der Waals surface area contributed by atoms with Crippen LogP contribution in [0.25, 0.3) is 0 Å². The SMILES string of the molecule is COC(CNP(=O)(OC[C@H]1[CH]C[C@H](n2cc(F)c(=O)[nH]c2=O)O1)Oc1ccccc1)OC. The molecule has 2 heterocycles. The van der Waals surface area contributed by atoms with Crippen LogP contribution in [-0.2, 0) is 23.3 Å². The number of aromatic nitrogens is 2. The number of ether oxygens (including phenoxy) is 3. The Morgan fingerprint density at radius 3 is 2.69 bits per heavy atom. The summed E-state index contributed by atoms with van der Waals surface area (Å²) in [7, 11) is -1.01. The zero-order chi connectivity index (χ0) is 23.1. The number of H-pyrrole nitrogens is 1. The summed E-state index contributed by atoms with van der Waals surface area (Å²) in [4.78, 5) is 25.0. The summed E-state index contributed by atoms with van der Waals surface area (Å²) in [6.45, 7) is -0.167. The van der Waals surface area contributed by atoms with E-state index in [2.05, 4.69) is 5.09 Å². The first-order chi connectivity index (χ1) is 15.3. The van der Waals surface area contributed by atoms with Crippen LogP contribution in [0.15, 0.2) is 46.1 Å². The first kappa shape index (κ1) is 24.3. The van der Waals surface area contributed by atoms with Gasteiger partial charge >= 0.3 is 13.4 Å². The topological polar surface area (TPSA) is 130 Å². The Balaban J connectivity index is 1.65. The zero-order valence-corrected chi connectivity index (χ0v) is 18.3. The van der Waals surface area contributed by atoms with Gasteiger partial charge < -0.3 is 18.7 Å². The third-order valence-electron chi connectivity index (χ3n) is 4.52. The Bertz CT molecular complexity index is 1040. The molecule has 175 valence electrons. The van der Waals surface area contributed by atoms with Gasteiger partial charge in [0.2, 0.25) is 5.82 Å². The van der Waals surface area contributed by atoms with Gasteiger partial charge in [0.15, 0.2) is 6.29 Å². The lowest BCUT2D eigenvalue weighted by Crippen LogP contribution is -2.34. The second kappa shape index (κ2) is 11.0. The molecular weight excluding hydrogens is 448 g/mol. The molecule has 32 heavy (non-hydrogen) atoms. The number of para-hydroxylation sites is 1. The number of rotatable bonds is 11. The highest BCUT2D eigenvalue weighted by Gasteiger charge is 2.33. The van der Waals surface area contributed by atoms with Crippen LogP contribution in [0.3, 0.4) is 0 Å². The maximum absolute atomic E-state index is 13.6. The third-order valence-corrected chi connectivity index (χ3v) is 6.03. The van der Waals surface area contributed by atoms with Crippen molar-refractivity contribution < 1.29 is 32.2 Å². The molecule has 0 aliphatic carbocycles. The van der Waals surface area contributed by atoms with Crippen LogP contribution in [0, 0.1) is 12.2 Å². The van der Waals surface area contributed by atoms with Crippen LogP contribution in [0.2, 0.25) is 0 Å². The maximum atomic E-state index is 13.6. The van der Waals surface area contributed by atoms with Gasteiger partial charge in [-0.05, 0) is 25.0 Å². The molecule has 1 aliphatic rings. The van der Waals surface area contributed by atoms with Crippen LogP contribution < -0.4 is 20.9 Å². The van der Waals surface area contributed by atoms with Crippen molar-refractivity contribution in [1.29, 1.82) is 0 Å². The zero-order valence-electron chi connectivity index (χ0n) is 17.4. The van der Waals surface area contributed by atoms with E-state index in [-0.39, 0.29) is 19.6 Å². The number of halogens is 1. The lowest BCUT2D eigenvalue weighted by atomic mass is 10.2. The Morgan fingerprint density at radius 2 is 2.00 bits per heavy atom. The second-order valence-corrected chi connectivity index (χ2v) is 8.46. The van der Waals surface area contributed by atoms with E-state index in [4.69, 9.17) is 23.3 Å². The van der Waals surface area contributed by atoms with E-state index in [0.717, 1.165) is 10.8 Å². The predicted octanol–water partition coefficient (Wildman–Crippen LogP) is 1.58. The molecule has 0 spiro atoms. The lowest BCUT2D eigenvalue weighted by molar-refractivity contribution is -0.0969. The Morgan fingerprint density at radius 1 is 1.28 bits per heavy atom. The van der Waals surface area contributed by atoms with Gasteiger partial charge in [-0.15, -0.1) is 0 Å². The minimum absolute atomic E-state index is 0.0149. The molecule has 1 aromatic carbocycles. The second-order valence-electron chi connectivity index (χ2n) is 6.70. The van der Waals surface area contributed by atoms with Crippen LogP contribution >= 0.6 is 7.75 Å². The molecule has 1 unspecified atom stereocenters. The van der Waals surface area contributed by atoms with Gasteiger partial charge in [0.25, 0.3) is 5.56 Å². The van der Waals surface area contributed by atoms with Crippen molar-refractivity contribution in [2.75, 3.05) is 27.4 Å². The van der Waals surface area contributed by atoms with Gasteiger partial charge in [-0.25, -0.2) is 14.4 Å². The van der Waals surface area contributed by atoms with Crippen LogP contribution in [0.5, 0.6) is 5.75 Å². The number of benzene rings is 1. The number of aromatic amines is 1. The van der Waals surface area contributed by atoms with Crippen molar-refractivity contribution in [1.82, 2.24) is 14.6 Å². The van der Waals surface area contributed by atoms with Crippen molar-refractivity contribution in [3.05, 3.63) is 69.6 Å². The summed E-state index contributed by atoms with van der Waals surface area (Å²) in [5, 5.41) is 2.68. The molecule has 0 amide bonds. The summed E-state index contributed by atoms with van der Waals surface area (Å²) in [6.07, 6.45) is 0.496. The number of nitrogens with one attached hydrogen (secondary N) is 2. The highest BCUT2D eigenvalue weighted by atomic mass is 31.2. The molecule has 3 rings (SSSR count). The molecule has 0 bridgehead atoms. The fourth-order valence-corrected chi connectivity index (χ4v) is 4.21. The Hall–Kier alpha value is -2.34. The van der Waals surface area contributed by atoms with E-state index in [1.54, 1.807) is 36.8 Å². The van der Waals surface area contributed by atoms with Crippen molar-refractivity contribution in [3.8, 4) is 5.75 Å². The molecule has 1 aliphatic heterocycles. The lowest BCUT2D eigenvalue weighted by Gasteiger charge is -2.23. The molecule has 0 saturated carbocycles. The molecule has 3 atom stereocenters. The average molecular weight is 472 g/mol. The third kappa shape index (κ3) is 6.35. The summed E-state index contributed by atoms with van der Waals surface area (Å²) >= 11 is 0. The van der Waals surface area contributed by atoms with Gasteiger partial charge in [-0.2, -0.15) is 4.39 Å². The molecule has 13 heteroatoms. The van der Waals surface area contributed by atoms with Crippen molar-refractivity contribution >= 4 is 7.75 Å². The maximum Gasteiger partial charge on any atom is 0.458 e. The molecule has 2 aromatic rings. The fraction of sp³-hybridized carbons (Fsp3) is 0.421. The summed E-state index contributed by atoms with van der Waals surface area (Å²) in [5.74, 6) is -0.789. The Labute approximate surface area is 183 Å². The quantitative estimate of drug-likeness (QED) is 0.370. The van der Waals surface area contributed by atoms with Crippen molar-refractivity contribution in [3.63, 3.8) is 0 Å². The molecule has 2 N–H and O–H groups in total. The van der Waals surface area contributed by atoms with Gasteiger partial charge in [-0.1, -0.05) is 18.2 Å². The van der Waals surface area contributed by atoms with Crippen molar-refractivity contribution in [2.45, 2.75) is 25.0 Å². The smallest absolute Gasteiger partial charge is 0.413 e. The number of methoxy groups -OCH3 is 2. The molecule has 1 saturated heterocycles. The summed E-state index contributed by atoms with van der Waals surface area (Å²) in [5.41, 5.74) is -1.91. The van der Waals surface area contributed by atoms with Gasteiger partial charge in [0, 0.05) is 14.2 Å². The van der Waals surface area contributed by atoms with Gasteiger partial charge in [-0.3, -0.25) is 18.9 Å². The van der Waals surface area contributed by atoms with Crippen LogP contribution in [0.1, 0.15) is 12.6 Å². The minimum atomic E-state index is -3.88. The van der Waals surface area contributed by atoms with Gasteiger partial charge in [0.05, 0.1) is 25.5 Å². The van der Waals surface area contributed by atoms with Crippen LogP contribution in [-0.4, -0.2) is 49.3 Å². The fourth-order valence-electron chi connectivity index (χ4n) is 2.89. The summed E-state index contributed by atoms with van der Waals surface area (Å²) in [6, 6.07) is 8.44. The monoisotopic (exact) mass is 472 g/mol. The highest BCUT2D eigenvalue weighted by Crippen LogP contribution is 2.45. The molecular formula is C19H24FN3O8P. The van der Waals surface area contributed by atoms with E-state index in [1.165, 1.54) is 14.2 Å². The molecule has 1 radical (unpaired) electrons. The normalized spacial score (nSPS) is 20.4. The van der Waals surface area contributed by atoms with E-state index in [9.17, 15) is 18.5 Å². The van der Waals surface area contributed by atoms with E-state index in [1.807, 2.05) is 4.98 Å². The van der Waals surface area contributed by atoms with E-state index in [0.29, 0.717) is 5.75 Å².